The molecule has 2 aliphatic heterocycles. The molecule has 12 atom stereocenters. The van der Waals surface area contributed by atoms with Crippen LogP contribution in [0.4, 0.5) is 0 Å². The van der Waals surface area contributed by atoms with Gasteiger partial charge in [0.25, 0.3) is 0 Å². The van der Waals surface area contributed by atoms with Crippen molar-refractivity contribution in [3.63, 3.8) is 0 Å². The summed E-state index contributed by atoms with van der Waals surface area (Å²) in [5.74, 6) is 4.93. The van der Waals surface area contributed by atoms with Crippen LogP contribution >= 0.6 is 0 Å². The van der Waals surface area contributed by atoms with E-state index in [1.165, 1.54) is 44.9 Å². The van der Waals surface area contributed by atoms with E-state index in [4.69, 9.17) is 9.47 Å². The summed E-state index contributed by atoms with van der Waals surface area (Å²) in [7, 11) is 0. The molecule has 4 saturated carbocycles. The first-order valence-electron chi connectivity index (χ1n) is 13.3. The monoisotopic (exact) mass is 416 g/mol. The third-order valence-electron chi connectivity index (χ3n) is 11.9. The van der Waals surface area contributed by atoms with Crippen LogP contribution in [-0.4, -0.2) is 29.7 Å². The molecule has 6 fully saturated rings. The quantitative estimate of drug-likeness (QED) is 0.543. The summed E-state index contributed by atoms with van der Waals surface area (Å²) in [6.45, 7) is 10.9. The zero-order valence-corrected chi connectivity index (χ0v) is 19.7. The maximum atomic E-state index is 10.3. The van der Waals surface area contributed by atoms with Gasteiger partial charge < -0.3 is 14.6 Å². The van der Waals surface area contributed by atoms with Crippen LogP contribution in [0.15, 0.2) is 0 Å². The Labute approximate surface area is 183 Å². The Morgan fingerprint density at radius 1 is 0.833 bits per heavy atom. The van der Waals surface area contributed by atoms with Crippen molar-refractivity contribution in [1.29, 1.82) is 0 Å². The lowest BCUT2D eigenvalue weighted by Gasteiger charge is -2.61. The standard InChI is InChI=1S/C27H44O3/c1-16-7-12-27(29-15-16)17(2)24-23(30-27)14-22-20-6-5-18-13-19(28)8-10-25(18,3)21(20)9-11-26(22,24)4/h16-24,28H,5-15H2,1-4H3/t16-,17-,18+,19-,20?,21?,22-,23-,24-,25-,26-,27?/m0/s1. The summed E-state index contributed by atoms with van der Waals surface area (Å²) in [5.41, 5.74) is 0.899. The average Bonchev–Trinajstić information content (AvgIpc) is 3.16. The molecule has 0 aromatic carbocycles. The van der Waals surface area contributed by atoms with E-state index in [2.05, 4.69) is 27.7 Å². The number of aliphatic hydroxyl groups is 1. The lowest BCUT2D eigenvalue weighted by atomic mass is 9.44. The first-order valence-corrected chi connectivity index (χ1v) is 13.3. The number of hydrogen-bond acceptors (Lipinski definition) is 3. The SMILES string of the molecule is C[C@H]1CCC2(OC1)O[C@H]1C[C@H]3C4CC[C@@H]5C[C@@H](O)CC[C@]5(C)C4CC[C@]3(C)[C@H]1[C@@H]2C. The van der Waals surface area contributed by atoms with Crippen molar-refractivity contribution in [2.24, 2.45) is 52.3 Å². The molecule has 0 amide bonds. The van der Waals surface area contributed by atoms with Gasteiger partial charge in [-0.1, -0.05) is 27.7 Å². The van der Waals surface area contributed by atoms with Crippen molar-refractivity contribution in [3.8, 4) is 0 Å². The Hall–Kier alpha value is -0.120. The Kier molecular flexibility index (Phi) is 4.58. The van der Waals surface area contributed by atoms with E-state index in [-0.39, 0.29) is 11.9 Å². The minimum atomic E-state index is -0.282. The number of fused-ring (bicyclic) bond motifs is 7. The third-order valence-corrected chi connectivity index (χ3v) is 11.9. The third kappa shape index (κ3) is 2.61. The van der Waals surface area contributed by atoms with Gasteiger partial charge in [-0.25, -0.2) is 0 Å². The van der Waals surface area contributed by atoms with Crippen LogP contribution in [0.2, 0.25) is 0 Å². The number of aliphatic hydroxyl groups excluding tert-OH is 1. The highest BCUT2D eigenvalue weighted by Crippen LogP contribution is 2.71. The minimum absolute atomic E-state index is 0.0389. The summed E-state index contributed by atoms with van der Waals surface area (Å²) < 4.78 is 13.4. The maximum Gasteiger partial charge on any atom is 0.171 e. The molecule has 3 unspecified atom stereocenters. The molecule has 0 radical (unpaired) electrons. The van der Waals surface area contributed by atoms with Gasteiger partial charge in [-0.05, 0) is 104 Å². The summed E-state index contributed by atoms with van der Waals surface area (Å²) in [6.07, 6.45) is 12.9. The highest BCUT2D eigenvalue weighted by Gasteiger charge is 2.69. The van der Waals surface area contributed by atoms with Crippen molar-refractivity contribution in [2.75, 3.05) is 6.61 Å². The lowest BCUT2D eigenvalue weighted by Crippen LogP contribution is -2.55. The first-order chi connectivity index (χ1) is 14.3. The van der Waals surface area contributed by atoms with E-state index < -0.39 is 0 Å². The highest BCUT2D eigenvalue weighted by molar-refractivity contribution is 5.15. The molecule has 0 bridgehead atoms. The Morgan fingerprint density at radius 3 is 2.40 bits per heavy atom. The molecule has 4 aliphatic carbocycles. The fourth-order valence-electron chi connectivity index (χ4n) is 10.3. The summed E-state index contributed by atoms with van der Waals surface area (Å²) in [6, 6.07) is 0. The van der Waals surface area contributed by atoms with E-state index in [1.807, 2.05) is 0 Å². The van der Waals surface area contributed by atoms with Crippen LogP contribution in [0.3, 0.4) is 0 Å². The molecule has 1 N–H and O–H groups in total. The predicted octanol–water partition coefficient (Wildman–Crippen LogP) is 5.79. The zero-order valence-electron chi connectivity index (χ0n) is 19.7. The molecular formula is C27H44O3. The molecule has 170 valence electrons. The van der Waals surface area contributed by atoms with E-state index in [9.17, 15) is 5.11 Å². The van der Waals surface area contributed by atoms with E-state index in [0.29, 0.717) is 34.7 Å². The van der Waals surface area contributed by atoms with Gasteiger partial charge in [-0.15, -0.1) is 0 Å². The highest BCUT2D eigenvalue weighted by atomic mass is 16.7. The van der Waals surface area contributed by atoms with Crippen LogP contribution in [0.25, 0.3) is 0 Å². The Morgan fingerprint density at radius 2 is 1.63 bits per heavy atom. The number of ether oxygens (including phenoxy) is 2. The van der Waals surface area contributed by atoms with E-state index in [1.54, 1.807) is 0 Å². The molecule has 0 aromatic heterocycles. The van der Waals surface area contributed by atoms with Gasteiger partial charge in [-0.2, -0.15) is 0 Å². The van der Waals surface area contributed by atoms with Crippen molar-refractivity contribution in [3.05, 3.63) is 0 Å². The van der Waals surface area contributed by atoms with E-state index in [0.717, 1.165) is 49.5 Å². The smallest absolute Gasteiger partial charge is 0.171 e. The first kappa shape index (κ1) is 20.5. The Bertz CT molecular complexity index is 684. The molecular weight excluding hydrogens is 372 g/mol. The summed E-state index contributed by atoms with van der Waals surface area (Å²) in [5, 5.41) is 10.3. The fraction of sp³-hybridized carbons (Fsp3) is 1.00. The average molecular weight is 417 g/mol. The van der Waals surface area contributed by atoms with Gasteiger partial charge in [0.15, 0.2) is 5.79 Å². The molecule has 2 saturated heterocycles. The van der Waals surface area contributed by atoms with Gasteiger partial charge >= 0.3 is 0 Å². The van der Waals surface area contributed by atoms with Gasteiger partial charge in [0.05, 0.1) is 18.8 Å². The van der Waals surface area contributed by atoms with Crippen molar-refractivity contribution in [2.45, 2.75) is 110 Å². The van der Waals surface area contributed by atoms with Gasteiger partial charge in [-0.3, -0.25) is 0 Å². The van der Waals surface area contributed by atoms with Gasteiger partial charge in [0.2, 0.25) is 0 Å². The molecule has 2 heterocycles. The molecule has 30 heavy (non-hydrogen) atoms. The lowest BCUT2D eigenvalue weighted by molar-refractivity contribution is -0.273. The molecule has 3 heteroatoms. The summed E-state index contributed by atoms with van der Waals surface area (Å²) >= 11 is 0. The zero-order chi connectivity index (χ0) is 20.9. The van der Waals surface area contributed by atoms with Crippen molar-refractivity contribution < 1.29 is 14.6 Å². The van der Waals surface area contributed by atoms with Crippen LogP contribution in [0.5, 0.6) is 0 Å². The van der Waals surface area contributed by atoms with Crippen LogP contribution < -0.4 is 0 Å². The molecule has 3 nitrogen and oxygen atoms in total. The minimum Gasteiger partial charge on any atom is -0.393 e. The second-order valence-electron chi connectivity index (χ2n) is 13.1. The normalized spacial score (nSPS) is 62.5. The van der Waals surface area contributed by atoms with E-state index >= 15 is 0 Å². The number of rotatable bonds is 0. The maximum absolute atomic E-state index is 10.3. The predicted molar refractivity (Wildman–Crippen MR) is 118 cm³/mol. The topological polar surface area (TPSA) is 38.7 Å². The molecule has 1 spiro atoms. The number of hydrogen-bond donors (Lipinski definition) is 1. The second-order valence-corrected chi connectivity index (χ2v) is 13.1. The van der Waals surface area contributed by atoms with Gasteiger partial charge in [0.1, 0.15) is 0 Å². The largest absolute Gasteiger partial charge is 0.393 e. The second kappa shape index (κ2) is 6.70. The van der Waals surface area contributed by atoms with Crippen molar-refractivity contribution >= 4 is 0 Å². The molecule has 0 aromatic rings. The fourth-order valence-corrected chi connectivity index (χ4v) is 10.3. The molecule has 6 aliphatic rings. The van der Waals surface area contributed by atoms with Crippen LogP contribution in [0, 0.1) is 52.3 Å². The van der Waals surface area contributed by atoms with Crippen LogP contribution in [-0.2, 0) is 9.47 Å². The van der Waals surface area contributed by atoms with Gasteiger partial charge in [0, 0.05) is 12.3 Å². The van der Waals surface area contributed by atoms with Crippen LogP contribution in [0.1, 0.15) is 91.9 Å². The summed E-state index contributed by atoms with van der Waals surface area (Å²) in [4.78, 5) is 0. The molecule has 6 rings (SSSR count). The van der Waals surface area contributed by atoms with Crippen molar-refractivity contribution in [1.82, 2.24) is 0 Å². The Balaban J connectivity index is 1.26.